The number of nitrogens with zero attached hydrogens (tertiary/aromatic N) is 1. The molecule has 2 rings (SSSR count). The Morgan fingerprint density at radius 2 is 1.29 bits per heavy atom. The lowest BCUT2D eigenvalue weighted by Gasteiger charge is -2.16. The Bertz CT molecular complexity index is 99.0. The average molecular weight is 199 g/mol. The first kappa shape index (κ1) is 14.0. The van der Waals surface area contributed by atoms with Crippen LogP contribution < -0.4 is 0 Å². The molecule has 0 aromatic rings. The SMILES string of the molecule is C1CC1.CC.CC(C)CN1CCCC1. The Balaban J connectivity index is 0.000000280. The zero-order valence-corrected chi connectivity index (χ0v) is 10.7. The van der Waals surface area contributed by atoms with Crippen molar-refractivity contribution in [2.45, 2.75) is 59.8 Å². The van der Waals surface area contributed by atoms with Crippen LogP contribution in [0.1, 0.15) is 59.8 Å². The molecule has 1 saturated carbocycles. The molecule has 0 spiro atoms. The third-order valence-electron chi connectivity index (χ3n) is 2.18. The van der Waals surface area contributed by atoms with Crippen molar-refractivity contribution >= 4 is 0 Å². The lowest BCUT2D eigenvalue weighted by molar-refractivity contribution is 0.298. The summed E-state index contributed by atoms with van der Waals surface area (Å²) in [6.07, 6.45) is 7.35. The van der Waals surface area contributed by atoms with Gasteiger partial charge in [-0.25, -0.2) is 0 Å². The minimum Gasteiger partial charge on any atom is -0.303 e. The smallest absolute Gasteiger partial charge is 0.000438 e. The van der Waals surface area contributed by atoms with Crippen LogP contribution in [0.5, 0.6) is 0 Å². The Labute approximate surface area is 90.9 Å². The van der Waals surface area contributed by atoms with Crippen LogP contribution in [0.3, 0.4) is 0 Å². The lowest BCUT2D eigenvalue weighted by Crippen LogP contribution is -2.23. The van der Waals surface area contributed by atoms with E-state index in [1.54, 1.807) is 0 Å². The zero-order chi connectivity index (χ0) is 10.8. The fraction of sp³-hybridized carbons (Fsp3) is 1.00. The zero-order valence-electron chi connectivity index (χ0n) is 10.7. The van der Waals surface area contributed by atoms with E-state index in [1.165, 1.54) is 51.7 Å². The largest absolute Gasteiger partial charge is 0.303 e. The second kappa shape index (κ2) is 9.51. The van der Waals surface area contributed by atoms with Gasteiger partial charge in [0.2, 0.25) is 0 Å². The first-order chi connectivity index (χ1) is 6.79. The van der Waals surface area contributed by atoms with E-state index < -0.39 is 0 Å². The highest BCUT2D eigenvalue weighted by Gasteiger charge is 2.11. The molecule has 0 radical (unpaired) electrons. The topological polar surface area (TPSA) is 3.24 Å². The van der Waals surface area contributed by atoms with Crippen molar-refractivity contribution in [3.05, 3.63) is 0 Å². The molecule has 0 unspecified atom stereocenters. The van der Waals surface area contributed by atoms with Gasteiger partial charge in [0, 0.05) is 6.54 Å². The highest BCUT2D eigenvalue weighted by Crippen LogP contribution is 2.14. The summed E-state index contributed by atoms with van der Waals surface area (Å²) < 4.78 is 0. The molecule has 2 fully saturated rings. The maximum Gasteiger partial charge on any atom is 0.000438 e. The van der Waals surface area contributed by atoms with Crippen molar-refractivity contribution in [1.82, 2.24) is 4.90 Å². The minimum absolute atomic E-state index is 0.850. The van der Waals surface area contributed by atoms with Gasteiger partial charge in [-0.05, 0) is 31.8 Å². The van der Waals surface area contributed by atoms with Crippen LogP contribution in [-0.2, 0) is 0 Å². The van der Waals surface area contributed by atoms with Gasteiger partial charge >= 0.3 is 0 Å². The van der Waals surface area contributed by atoms with Crippen molar-refractivity contribution in [2.24, 2.45) is 5.92 Å². The standard InChI is InChI=1S/C8H17N.C3H6.C2H6/c1-8(2)7-9-5-3-4-6-9;1-2-3-1;1-2/h8H,3-7H2,1-2H3;1-3H2;1-2H3. The average Bonchev–Trinajstić information content (AvgIpc) is 2.97. The molecular weight excluding hydrogens is 170 g/mol. The molecule has 1 saturated heterocycles. The normalized spacial score (nSPS) is 19.5. The van der Waals surface area contributed by atoms with Crippen LogP contribution in [0, 0.1) is 5.92 Å². The summed E-state index contributed by atoms with van der Waals surface area (Å²) in [4.78, 5) is 2.56. The lowest BCUT2D eigenvalue weighted by atomic mass is 10.2. The van der Waals surface area contributed by atoms with Gasteiger partial charge in [-0.15, -0.1) is 0 Å². The first-order valence-corrected chi connectivity index (χ1v) is 6.51. The maximum atomic E-state index is 2.56. The van der Waals surface area contributed by atoms with Gasteiger partial charge in [-0.3, -0.25) is 0 Å². The molecule has 1 aliphatic carbocycles. The molecule has 1 nitrogen and oxygen atoms in total. The second-order valence-electron chi connectivity index (χ2n) is 4.46. The monoisotopic (exact) mass is 199 g/mol. The van der Waals surface area contributed by atoms with E-state index in [9.17, 15) is 0 Å². The van der Waals surface area contributed by atoms with Crippen molar-refractivity contribution < 1.29 is 0 Å². The van der Waals surface area contributed by atoms with Gasteiger partial charge < -0.3 is 4.90 Å². The molecule has 86 valence electrons. The second-order valence-corrected chi connectivity index (χ2v) is 4.46. The van der Waals surface area contributed by atoms with Crippen LogP contribution >= 0.6 is 0 Å². The molecule has 0 N–H and O–H groups in total. The molecule has 0 atom stereocenters. The summed E-state index contributed by atoms with van der Waals surface area (Å²) in [6, 6.07) is 0. The number of rotatable bonds is 2. The summed E-state index contributed by atoms with van der Waals surface area (Å²) in [6.45, 7) is 12.6. The van der Waals surface area contributed by atoms with Gasteiger partial charge in [0.15, 0.2) is 0 Å². The number of hydrogen-bond acceptors (Lipinski definition) is 1. The van der Waals surface area contributed by atoms with E-state index in [0.717, 1.165) is 5.92 Å². The van der Waals surface area contributed by atoms with E-state index in [2.05, 4.69) is 18.7 Å². The van der Waals surface area contributed by atoms with E-state index >= 15 is 0 Å². The molecule has 1 heterocycles. The Morgan fingerprint density at radius 3 is 1.57 bits per heavy atom. The van der Waals surface area contributed by atoms with Gasteiger partial charge in [0.1, 0.15) is 0 Å². The van der Waals surface area contributed by atoms with Crippen molar-refractivity contribution in [1.29, 1.82) is 0 Å². The molecular formula is C13H29N. The van der Waals surface area contributed by atoms with Crippen LogP contribution in [0.2, 0.25) is 0 Å². The maximum absolute atomic E-state index is 2.56. The van der Waals surface area contributed by atoms with E-state index in [1.807, 2.05) is 13.8 Å². The number of likely N-dealkylation sites (tertiary alicyclic amines) is 1. The molecule has 0 aromatic heterocycles. The Hall–Kier alpha value is -0.0400. The molecule has 14 heavy (non-hydrogen) atoms. The highest BCUT2D eigenvalue weighted by atomic mass is 15.1. The predicted octanol–water partition coefficient (Wildman–Crippen LogP) is 3.93. The minimum atomic E-state index is 0.850. The van der Waals surface area contributed by atoms with Crippen LogP contribution in [0.4, 0.5) is 0 Å². The molecule has 1 aliphatic heterocycles. The first-order valence-electron chi connectivity index (χ1n) is 6.51. The molecule has 0 aromatic carbocycles. The van der Waals surface area contributed by atoms with E-state index in [-0.39, 0.29) is 0 Å². The van der Waals surface area contributed by atoms with Crippen molar-refractivity contribution in [3.63, 3.8) is 0 Å². The summed E-state index contributed by atoms with van der Waals surface area (Å²) in [5, 5.41) is 0. The molecule has 1 heteroatoms. The number of hydrogen-bond donors (Lipinski definition) is 0. The molecule has 2 aliphatic rings. The highest BCUT2D eigenvalue weighted by molar-refractivity contribution is 4.66. The van der Waals surface area contributed by atoms with Gasteiger partial charge in [-0.1, -0.05) is 47.0 Å². The Kier molecular flexibility index (Phi) is 9.49. The van der Waals surface area contributed by atoms with Crippen molar-refractivity contribution in [3.8, 4) is 0 Å². The van der Waals surface area contributed by atoms with Crippen LogP contribution in [-0.4, -0.2) is 24.5 Å². The predicted molar refractivity (Wildman–Crippen MR) is 65.7 cm³/mol. The summed E-state index contributed by atoms with van der Waals surface area (Å²) >= 11 is 0. The summed E-state index contributed by atoms with van der Waals surface area (Å²) in [7, 11) is 0. The van der Waals surface area contributed by atoms with Gasteiger partial charge in [-0.2, -0.15) is 0 Å². The van der Waals surface area contributed by atoms with Crippen molar-refractivity contribution in [2.75, 3.05) is 19.6 Å². The van der Waals surface area contributed by atoms with Gasteiger partial charge in [0.25, 0.3) is 0 Å². The van der Waals surface area contributed by atoms with E-state index in [4.69, 9.17) is 0 Å². The fourth-order valence-electron chi connectivity index (χ4n) is 1.48. The molecule has 0 bridgehead atoms. The fourth-order valence-corrected chi connectivity index (χ4v) is 1.48. The third kappa shape index (κ3) is 10.0. The summed E-state index contributed by atoms with van der Waals surface area (Å²) in [5.41, 5.74) is 0. The third-order valence-corrected chi connectivity index (χ3v) is 2.18. The van der Waals surface area contributed by atoms with Gasteiger partial charge in [0.05, 0.1) is 0 Å². The molecule has 0 amide bonds. The Morgan fingerprint density at radius 1 is 0.857 bits per heavy atom. The quantitative estimate of drug-likeness (QED) is 0.651. The summed E-state index contributed by atoms with van der Waals surface area (Å²) in [5.74, 6) is 0.850. The van der Waals surface area contributed by atoms with Crippen LogP contribution in [0.15, 0.2) is 0 Å². The van der Waals surface area contributed by atoms with Crippen LogP contribution in [0.25, 0.3) is 0 Å². The van der Waals surface area contributed by atoms with E-state index in [0.29, 0.717) is 0 Å².